The Balaban J connectivity index is 2.11. The van der Waals surface area contributed by atoms with Crippen LogP contribution in [0.2, 0.25) is 0 Å². The number of carbonyl (C=O) groups is 1. The van der Waals surface area contributed by atoms with Crippen molar-refractivity contribution in [1.82, 2.24) is 0 Å². The Morgan fingerprint density at radius 3 is 2.58 bits per heavy atom. The number of benzene rings is 2. The van der Waals surface area contributed by atoms with Crippen LogP contribution in [0.4, 0.5) is 8.78 Å². The molecule has 0 N–H and O–H groups in total. The molecule has 0 fully saturated rings. The van der Waals surface area contributed by atoms with Gasteiger partial charge in [-0.2, -0.15) is 0 Å². The van der Waals surface area contributed by atoms with Crippen LogP contribution in [0.5, 0.6) is 0 Å². The van der Waals surface area contributed by atoms with Crippen molar-refractivity contribution in [1.29, 1.82) is 0 Å². The van der Waals surface area contributed by atoms with Gasteiger partial charge in [0.05, 0.1) is 5.56 Å². The normalized spacial score (nSPS) is 10.8. The number of rotatable bonds is 2. The van der Waals surface area contributed by atoms with Gasteiger partial charge in [-0.25, -0.2) is 8.78 Å². The Kier molecular flexibility index (Phi) is 2.63. The number of para-hydroxylation sites is 1. The van der Waals surface area contributed by atoms with Gasteiger partial charge in [-0.05, 0) is 24.3 Å². The molecule has 4 heteroatoms. The summed E-state index contributed by atoms with van der Waals surface area (Å²) in [4.78, 5) is 12.1. The van der Waals surface area contributed by atoms with Gasteiger partial charge in [0.25, 0.3) is 0 Å². The molecule has 0 saturated heterocycles. The van der Waals surface area contributed by atoms with Crippen molar-refractivity contribution in [2.45, 2.75) is 0 Å². The molecule has 3 rings (SSSR count). The first-order valence-corrected chi connectivity index (χ1v) is 5.64. The van der Waals surface area contributed by atoms with E-state index in [0.717, 1.165) is 11.5 Å². The lowest BCUT2D eigenvalue weighted by Crippen LogP contribution is -2.04. The average Bonchev–Trinajstić information content (AvgIpc) is 2.85. The third-order valence-electron chi connectivity index (χ3n) is 2.85. The molecular formula is C15H8F2O2. The summed E-state index contributed by atoms with van der Waals surface area (Å²) in [6.45, 7) is 0. The van der Waals surface area contributed by atoms with Gasteiger partial charge < -0.3 is 4.42 Å². The van der Waals surface area contributed by atoms with Crippen LogP contribution in [0.3, 0.4) is 0 Å². The molecule has 0 aliphatic rings. The fraction of sp³-hybridized carbons (Fsp3) is 0. The van der Waals surface area contributed by atoms with E-state index in [2.05, 4.69) is 0 Å². The molecule has 0 aliphatic carbocycles. The van der Waals surface area contributed by atoms with Crippen molar-refractivity contribution in [3.63, 3.8) is 0 Å². The molecule has 2 nitrogen and oxygen atoms in total. The molecular weight excluding hydrogens is 250 g/mol. The minimum atomic E-state index is -1.16. The summed E-state index contributed by atoms with van der Waals surface area (Å²) in [6.07, 6.45) is 0. The number of halogens is 2. The van der Waals surface area contributed by atoms with E-state index in [1.807, 2.05) is 0 Å². The zero-order valence-electron chi connectivity index (χ0n) is 9.69. The lowest BCUT2D eigenvalue weighted by molar-refractivity contribution is 0.101. The summed E-state index contributed by atoms with van der Waals surface area (Å²) in [5.41, 5.74) is 0.196. The second-order valence-corrected chi connectivity index (χ2v) is 4.08. The van der Waals surface area contributed by atoms with Gasteiger partial charge in [0, 0.05) is 5.39 Å². The zero-order valence-corrected chi connectivity index (χ0v) is 9.69. The van der Waals surface area contributed by atoms with Crippen molar-refractivity contribution in [3.05, 3.63) is 71.5 Å². The van der Waals surface area contributed by atoms with Crippen LogP contribution in [0.15, 0.2) is 52.9 Å². The first-order chi connectivity index (χ1) is 9.16. The van der Waals surface area contributed by atoms with Gasteiger partial charge in [0.1, 0.15) is 5.58 Å². The fourth-order valence-corrected chi connectivity index (χ4v) is 1.91. The molecule has 0 aliphatic heterocycles. The summed E-state index contributed by atoms with van der Waals surface area (Å²) >= 11 is 0. The van der Waals surface area contributed by atoms with Crippen LogP contribution >= 0.6 is 0 Å². The Hall–Kier alpha value is -2.49. The maximum atomic E-state index is 13.6. The number of furan rings is 1. The molecule has 1 heterocycles. The minimum Gasteiger partial charge on any atom is -0.453 e. The third kappa shape index (κ3) is 1.91. The topological polar surface area (TPSA) is 30.2 Å². The van der Waals surface area contributed by atoms with Crippen molar-refractivity contribution in [2.75, 3.05) is 0 Å². The largest absolute Gasteiger partial charge is 0.453 e. The molecule has 0 unspecified atom stereocenters. The van der Waals surface area contributed by atoms with Gasteiger partial charge in [-0.3, -0.25) is 4.79 Å². The second kappa shape index (κ2) is 4.31. The highest BCUT2D eigenvalue weighted by Gasteiger charge is 2.20. The van der Waals surface area contributed by atoms with Crippen LogP contribution in [0.25, 0.3) is 11.0 Å². The number of carbonyl (C=O) groups excluding carboxylic acids is 1. The molecule has 0 radical (unpaired) electrons. The van der Waals surface area contributed by atoms with Gasteiger partial charge in [0.2, 0.25) is 5.78 Å². The van der Waals surface area contributed by atoms with Gasteiger partial charge in [-0.15, -0.1) is 0 Å². The van der Waals surface area contributed by atoms with E-state index in [0.29, 0.717) is 5.58 Å². The van der Waals surface area contributed by atoms with E-state index >= 15 is 0 Å². The second-order valence-electron chi connectivity index (χ2n) is 4.08. The van der Waals surface area contributed by atoms with E-state index in [1.54, 1.807) is 24.3 Å². The first-order valence-electron chi connectivity index (χ1n) is 5.64. The average molecular weight is 258 g/mol. The molecule has 0 spiro atoms. The molecule has 0 atom stereocenters. The Morgan fingerprint density at radius 1 is 1.00 bits per heavy atom. The zero-order chi connectivity index (χ0) is 13.4. The van der Waals surface area contributed by atoms with E-state index in [4.69, 9.17) is 4.42 Å². The van der Waals surface area contributed by atoms with Gasteiger partial charge in [-0.1, -0.05) is 24.3 Å². The van der Waals surface area contributed by atoms with Crippen LogP contribution in [-0.4, -0.2) is 5.78 Å². The van der Waals surface area contributed by atoms with Crippen LogP contribution in [0.1, 0.15) is 16.1 Å². The summed E-state index contributed by atoms with van der Waals surface area (Å²) in [6, 6.07) is 12.0. The smallest absolute Gasteiger partial charge is 0.231 e. The summed E-state index contributed by atoms with van der Waals surface area (Å²) in [5, 5.41) is 0.739. The molecule has 3 aromatic rings. The van der Waals surface area contributed by atoms with E-state index in [1.165, 1.54) is 18.2 Å². The molecule has 19 heavy (non-hydrogen) atoms. The number of hydrogen-bond donors (Lipinski definition) is 0. The van der Waals surface area contributed by atoms with Crippen molar-refractivity contribution < 1.29 is 18.0 Å². The fourth-order valence-electron chi connectivity index (χ4n) is 1.91. The quantitative estimate of drug-likeness (QED) is 0.652. The molecule has 1 aromatic heterocycles. The Labute approximate surface area is 107 Å². The Bertz CT molecular complexity index is 742. The number of ketones is 1. The van der Waals surface area contributed by atoms with Gasteiger partial charge >= 0.3 is 0 Å². The van der Waals surface area contributed by atoms with E-state index in [9.17, 15) is 13.6 Å². The molecule has 94 valence electrons. The first kappa shape index (κ1) is 11.6. The van der Waals surface area contributed by atoms with Crippen molar-refractivity contribution in [2.24, 2.45) is 0 Å². The monoisotopic (exact) mass is 258 g/mol. The Morgan fingerprint density at radius 2 is 1.79 bits per heavy atom. The predicted octanol–water partition coefficient (Wildman–Crippen LogP) is 3.94. The maximum absolute atomic E-state index is 13.6. The van der Waals surface area contributed by atoms with Crippen molar-refractivity contribution in [3.8, 4) is 0 Å². The number of fused-ring (bicyclic) bond motifs is 1. The van der Waals surface area contributed by atoms with E-state index < -0.39 is 17.4 Å². The molecule has 2 aromatic carbocycles. The molecule has 0 amide bonds. The highest BCUT2D eigenvalue weighted by atomic mass is 19.2. The third-order valence-corrected chi connectivity index (χ3v) is 2.85. The maximum Gasteiger partial charge on any atom is 0.231 e. The summed E-state index contributed by atoms with van der Waals surface area (Å²) in [7, 11) is 0. The number of hydrogen-bond acceptors (Lipinski definition) is 2. The van der Waals surface area contributed by atoms with Crippen LogP contribution in [-0.2, 0) is 0 Å². The van der Waals surface area contributed by atoms with Crippen LogP contribution in [0, 0.1) is 11.6 Å². The lowest BCUT2D eigenvalue weighted by Gasteiger charge is -2.00. The van der Waals surface area contributed by atoms with Gasteiger partial charge in [0.15, 0.2) is 17.4 Å². The lowest BCUT2D eigenvalue weighted by atomic mass is 10.1. The molecule has 0 saturated carbocycles. The highest BCUT2D eigenvalue weighted by molar-refractivity contribution is 6.09. The minimum absolute atomic E-state index is 0.00861. The molecule has 0 bridgehead atoms. The van der Waals surface area contributed by atoms with Crippen LogP contribution < -0.4 is 0 Å². The van der Waals surface area contributed by atoms with E-state index in [-0.39, 0.29) is 11.3 Å². The highest BCUT2D eigenvalue weighted by Crippen LogP contribution is 2.22. The van der Waals surface area contributed by atoms with Crippen molar-refractivity contribution >= 4 is 16.8 Å². The standard InChI is InChI=1S/C15H8F2O2/c16-11-6-3-5-10(14(11)17)15(18)13-8-9-4-1-2-7-12(9)19-13/h1-8H. The summed E-state index contributed by atoms with van der Waals surface area (Å²) < 4.78 is 32.0. The summed E-state index contributed by atoms with van der Waals surface area (Å²) in [5.74, 6) is -2.89. The predicted molar refractivity (Wildman–Crippen MR) is 66.0 cm³/mol. The SMILES string of the molecule is O=C(c1cc2ccccc2o1)c1cccc(F)c1F.